The molecule has 2 aromatic carbocycles. The van der Waals surface area contributed by atoms with Crippen LogP contribution in [0, 0.1) is 6.92 Å². The lowest BCUT2D eigenvalue weighted by molar-refractivity contribution is 0.931. The van der Waals surface area contributed by atoms with Gasteiger partial charge in [-0.3, -0.25) is 0 Å². The number of benzene rings is 2. The van der Waals surface area contributed by atoms with Crippen LogP contribution in [0.15, 0.2) is 66.9 Å². The smallest absolute Gasteiger partial charge is 0.154 e. The molecule has 0 unspecified atom stereocenters. The average Bonchev–Trinajstić information content (AvgIpc) is 3.04. The van der Waals surface area contributed by atoms with Crippen LogP contribution >= 0.6 is 11.6 Å². The Morgan fingerprint density at radius 1 is 1.04 bits per heavy atom. The van der Waals surface area contributed by atoms with Gasteiger partial charge in [0.1, 0.15) is 5.82 Å². The molecule has 4 aromatic rings. The number of aryl methyl sites for hydroxylation is 1. The first-order valence-electron chi connectivity index (χ1n) is 8.09. The Morgan fingerprint density at radius 2 is 1.88 bits per heavy atom. The van der Waals surface area contributed by atoms with Crippen molar-refractivity contribution in [2.75, 3.05) is 5.32 Å². The first kappa shape index (κ1) is 15.7. The molecule has 0 bridgehead atoms. The number of rotatable bonds is 4. The Labute approximate surface area is 151 Å². The normalized spacial score (nSPS) is 11.0. The summed E-state index contributed by atoms with van der Waals surface area (Å²) in [6.45, 7) is 2.74. The van der Waals surface area contributed by atoms with Gasteiger partial charge in [-0.1, -0.05) is 53.6 Å². The topological polar surface area (TPSA) is 42.2 Å². The minimum atomic E-state index is 0.660. The fraction of sp³-hybridized carbons (Fsp3) is 0.100. The SMILES string of the molecule is Cc1ccc(-c2cnc3ccc(NCc4cccc(Cl)c4)nn23)cc1. The summed E-state index contributed by atoms with van der Waals surface area (Å²) < 4.78 is 1.87. The van der Waals surface area contributed by atoms with E-state index in [9.17, 15) is 0 Å². The van der Waals surface area contributed by atoms with Crippen molar-refractivity contribution in [2.24, 2.45) is 0 Å². The van der Waals surface area contributed by atoms with Crippen molar-refractivity contribution in [3.63, 3.8) is 0 Å². The van der Waals surface area contributed by atoms with Gasteiger partial charge in [0.15, 0.2) is 5.65 Å². The number of imidazole rings is 1. The molecule has 2 heterocycles. The number of fused-ring (bicyclic) bond motifs is 1. The molecule has 5 heteroatoms. The highest BCUT2D eigenvalue weighted by Gasteiger charge is 2.08. The van der Waals surface area contributed by atoms with Crippen LogP contribution in [0.5, 0.6) is 0 Å². The van der Waals surface area contributed by atoms with Crippen molar-refractivity contribution in [2.45, 2.75) is 13.5 Å². The molecule has 4 rings (SSSR count). The zero-order chi connectivity index (χ0) is 17.2. The summed E-state index contributed by atoms with van der Waals surface area (Å²) in [6.07, 6.45) is 1.85. The third-order valence-corrected chi connectivity index (χ3v) is 4.31. The molecule has 0 fully saturated rings. The summed E-state index contributed by atoms with van der Waals surface area (Å²) in [4.78, 5) is 4.44. The zero-order valence-electron chi connectivity index (χ0n) is 13.8. The number of hydrogen-bond acceptors (Lipinski definition) is 3. The maximum absolute atomic E-state index is 6.03. The Balaban J connectivity index is 1.63. The fourth-order valence-corrected chi connectivity index (χ4v) is 2.94. The van der Waals surface area contributed by atoms with E-state index in [-0.39, 0.29) is 0 Å². The molecule has 0 aliphatic heterocycles. The van der Waals surface area contributed by atoms with Crippen molar-refractivity contribution in [1.29, 1.82) is 0 Å². The fourth-order valence-electron chi connectivity index (χ4n) is 2.73. The Morgan fingerprint density at radius 3 is 2.68 bits per heavy atom. The van der Waals surface area contributed by atoms with Crippen LogP contribution in [-0.2, 0) is 6.54 Å². The van der Waals surface area contributed by atoms with E-state index in [0.717, 1.165) is 33.3 Å². The van der Waals surface area contributed by atoms with Gasteiger partial charge >= 0.3 is 0 Å². The quantitative estimate of drug-likeness (QED) is 0.566. The predicted octanol–water partition coefficient (Wildman–Crippen LogP) is 4.97. The van der Waals surface area contributed by atoms with Gasteiger partial charge in [0.2, 0.25) is 0 Å². The second-order valence-electron chi connectivity index (χ2n) is 5.98. The molecule has 0 spiro atoms. The molecular formula is C20H17ClN4. The summed E-state index contributed by atoms with van der Waals surface area (Å²) in [7, 11) is 0. The third kappa shape index (κ3) is 3.35. The molecule has 0 amide bonds. The van der Waals surface area contributed by atoms with E-state index < -0.39 is 0 Å². The van der Waals surface area contributed by atoms with Crippen molar-refractivity contribution >= 4 is 23.1 Å². The van der Waals surface area contributed by atoms with Crippen molar-refractivity contribution in [3.8, 4) is 11.3 Å². The molecule has 1 N–H and O–H groups in total. The predicted molar refractivity (Wildman–Crippen MR) is 102 cm³/mol. The minimum absolute atomic E-state index is 0.660. The van der Waals surface area contributed by atoms with Gasteiger partial charge < -0.3 is 5.32 Å². The average molecular weight is 349 g/mol. The van der Waals surface area contributed by atoms with Gasteiger partial charge in [0.05, 0.1) is 11.9 Å². The van der Waals surface area contributed by atoms with E-state index in [2.05, 4.69) is 46.6 Å². The summed E-state index contributed by atoms with van der Waals surface area (Å²) >= 11 is 6.03. The van der Waals surface area contributed by atoms with Crippen LogP contribution in [0.3, 0.4) is 0 Å². The Bertz CT molecular complexity index is 1020. The molecular weight excluding hydrogens is 332 g/mol. The lowest BCUT2D eigenvalue weighted by atomic mass is 10.1. The van der Waals surface area contributed by atoms with Crippen LogP contribution in [0.25, 0.3) is 16.9 Å². The Hall–Kier alpha value is -2.85. The lowest BCUT2D eigenvalue weighted by Crippen LogP contribution is -2.04. The van der Waals surface area contributed by atoms with E-state index in [0.29, 0.717) is 6.54 Å². The van der Waals surface area contributed by atoms with Crippen molar-refractivity contribution in [3.05, 3.63) is 83.0 Å². The number of halogens is 1. The van der Waals surface area contributed by atoms with Crippen LogP contribution in [0.2, 0.25) is 5.02 Å². The molecule has 0 aliphatic rings. The third-order valence-electron chi connectivity index (χ3n) is 4.07. The van der Waals surface area contributed by atoms with Gasteiger partial charge in [-0.2, -0.15) is 0 Å². The van der Waals surface area contributed by atoms with Gasteiger partial charge in [-0.15, -0.1) is 5.10 Å². The summed E-state index contributed by atoms with van der Waals surface area (Å²) in [5.41, 5.74) is 5.23. The van der Waals surface area contributed by atoms with E-state index in [1.54, 1.807) is 0 Å². The first-order chi connectivity index (χ1) is 12.2. The second-order valence-corrected chi connectivity index (χ2v) is 6.42. The van der Waals surface area contributed by atoms with Gasteiger partial charge in [-0.25, -0.2) is 9.50 Å². The van der Waals surface area contributed by atoms with E-state index in [1.807, 2.05) is 47.1 Å². The highest BCUT2D eigenvalue weighted by atomic mass is 35.5. The van der Waals surface area contributed by atoms with Crippen LogP contribution < -0.4 is 5.32 Å². The molecule has 0 saturated carbocycles. The summed E-state index contributed by atoms with van der Waals surface area (Å²) in [5, 5.41) is 8.76. The van der Waals surface area contributed by atoms with Gasteiger partial charge in [-0.05, 0) is 36.8 Å². The molecule has 124 valence electrons. The summed E-state index contributed by atoms with van der Waals surface area (Å²) in [6, 6.07) is 20.1. The van der Waals surface area contributed by atoms with Gasteiger partial charge in [0.25, 0.3) is 0 Å². The maximum atomic E-state index is 6.03. The van der Waals surface area contributed by atoms with Crippen LogP contribution in [0.4, 0.5) is 5.82 Å². The largest absolute Gasteiger partial charge is 0.365 e. The molecule has 2 aromatic heterocycles. The molecule has 0 radical (unpaired) electrons. The Kier molecular flexibility index (Phi) is 4.12. The van der Waals surface area contributed by atoms with E-state index in [1.165, 1.54) is 5.56 Å². The first-order valence-corrected chi connectivity index (χ1v) is 8.47. The van der Waals surface area contributed by atoms with Crippen molar-refractivity contribution < 1.29 is 0 Å². The number of nitrogens with one attached hydrogen (secondary N) is 1. The monoisotopic (exact) mass is 348 g/mol. The van der Waals surface area contributed by atoms with Gasteiger partial charge in [0, 0.05) is 17.1 Å². The minimum Gasteiger partial charge on any atom is -0.365 e. The zero-order valence-corrected chi connectivity index (χ0v) is 14.5. The molecule has 0 saturated heterocycles. The number of nitrogens with zero attached hydrogens (tertiary/aromatic N) is 3. The van der Waals surface area contributed by atoms with E-state index >= 15 is 0 Å². The molecule has 0 aliphatic carbocycles. The van der Waals surface area contributed by atoms with Crippen LogP contribution in [0.1, 0.15) is 11.1 Å². The standard InChI is InChI=1S/C20H17ClN4/c1-14-5-7-16(8-6-14)18-13-23-20-10-9-19(24-25(18)20)22-12-15-3-2-4-17(21)11-15/h2-11,13H,12H2,1H3,(H,22,24). The maximum Gasteiger partial charge on any atom is 0.154 e. The van der Waals surface area contributed by atoms with Crippen molar-refractivity contribution in [1.82, 2.24) is 14.6 Å². The highest BCUT2D eigenvalue weighted by molar-refractivity contribution is 6.30. The lowest BCUT2D eigenvalue weighted by Gasteiger charge is -2.08. The van der Waals surface area contributed by atoms with E-state index in [4.69, 9.17) is 11.6 Å². The number of aromatic nitrogens is 3. The molecule has 25 heavy (non-hydrogen) atoms. The number of anilines is 1. The highest BCUT2D eigenvalue weighted by Crippen LogP contribution is 2.21. The second kappa shape index (κ2) is 6.57. The summed E-state index contributed by atoms with van der Waals surface area (Å²) in [5.74, 6) is 0.791. The van der Waals surface area contributed by atoms with Crippen LogP contribution in [-0.4, -0.2) is 14.6 Å². The molecule has 4 nitrogen and oxygen atoms in total. The molecule has 0 atom stereocenters. The number of hydrogen-bond donors (Lipinski definition) is 1.